The van der Waals surface area contributed by atoms with Crippen molar-refractivity contribution in [1.82, 2.24) is 0 Å². The SMILES string of the molecule is CC1(C)C2CCC1(C)C(N=C1C(=O)Nc3ccccc31)C2N=C1C(=O)Nc2ccccc21. The van der Waals surface area contributed by atoms with Gasteiger partial charge in [-0.1, -0.05) is 57.2 Å². The number of carbonyl (C=O) groups excluding carboxylic acids is 2. The summed E-state index contributed by atoms with van der Waals surface area (Å²) >= 11 is 0. The van der Waals surface area contributed by atoms with Gasteiger partial charge in [0, 0.05) is 11.1 Å². The minimum absolute atomic E-state index is 0.000347. The normalized spacial score (nSPS) is 34.0. The van der Waals surface area contributed by atoms with E-state index in [1.807, 2.05) is 48.5 Å². The number of hydrogen-bond acceptors (Lipinski definition) is 4. The number of aliphatic imine (C=N–C) groups is 2. The molecular weight excluding hydrogens is 400 g/mol. The van der Waals surface area contributed by atoms with E-state index in [-0.39, 0.29) is 34.7 Å². The topological polar surface area (TPSA) is 82.9 Å². The molecule has 2 fully saturated rings. The predicted molar refractivity (Wildman–Crippen MR) is 125 cm³/mol. The second-order valence-electron chi connectivity index (χ2n) is 10.2. The van der Waals surface area contributed by atoms with Gasteiger partial charge in [-0.25, -0.2) is 0 Å². The fourth-order valence-electron chi connectivity index (χ4n) is 6.41. The largest absolute Gasteiger partial charge is 0.320 e. The summed E-state index contributed by atoms with van der Waals surface area (Å²) in [5.74, 6) is -0.0207. The number of anilines is 2. The molecule has 162 valence electrons. The van der Waals surface area contributed by atoms with Crippen molar-refractivity contribution in [2.24, 2.45) is 26.7 Å². The van der Waals surface area contributed by atoms with Crippen LogP contribution in [0.15, 0.2) is 58.5 Å². The lowest BCUT2D eigenvalue weighted by molar-refractivity contribution is -0.110. The first-order chi connectivity index (χ1) is 15.3. The van der Waals surface area contributed by atoms with E-state index < -0.39 is 0 Å². The molecule has 32 heavy (non-hydrogen) atoms. The molecule has 2 heterocycles. The molecule has 4 unspecified atom stereocenters. The Labute approximate surface area is 187 Å². The highest BCUT2D eigenvalue weighted by Gasteiger charge is 2.67. The van der Waals surface area contributed by atoms with Crippen LogP contribution in [0.1, 0.15) is 44.7 Å². The fourth-order valence-corrected chi connectivity index (χ4v) is 6.41. The van der Waals surface area contributed by atoms with Crippen LogP contribution in [-0.2, 0) is 9.59 Å². The minimum atomic E-state index is -0.170. The first-order valence-corrected chi connectivity index (χ1v) is 11.3. The Balaban J connectivity index is 1.50. The van der Waals surface area contributed by atoms with Crippen molar-refractivity contribution >= 4 is 34.6 Å². The molecule has 4 aliphatic rings. The van der Waals surface area contributed by atoms with Crippen molar-refractivity contribution in [3.05, 3.63) is 59.7 Å². The van der Waals surface area contributed by atoms with Crippen LogP contribution in [0.5, 0.6) is 0 Å². The van der Waals surface area contributed by atoms with Gasteiger partial charge in [-0.15, -0.1) is 0 Å². The third kappa shape index (κ3) is 2.41. The summed E-state index contributed by atoms with van der Waals surface area (Å²) < 4.78 is 0. The molecule has 2 amide bonds. The van der Waals surface area contributed by atoms with Gasteiger partial charge in [-0.05, 0) is 41.7 Å². The van der Waals surface area contributed by atoms with Gasteiger partial charge < -0.3 is 10.6 Å². The second kappa shape index (κ2) is 6.37. The van der Waals surface area contributed by atoms with Crippen molar-refractivity contribution in [1.29, 1.82) is 0 Å². The van der Waals surface area contributed by atoms with Gasteiger partial charge in [-0.2, -0.15) is 0 Å². The maximum atomic E-state index is 12.8. The molecular formula is C26H26N4O2. The molecule has 2 aliphatic carbocycles. The van der Waals surface area contributed by atoms with E-state index in [4.69, 9.17) is 9.98 Å². The van der Waals surface area contributed by atoms with Crippen LogP contribution >= 0.6 is 0 Å². The molecule has 2 N–H and O–H groups in total. The van der Waals surface area contributed by atoms with Crippen molar-refractivity contribution in [3.63, 3.8) is 0 Å². The van der Waals surface area contributed by atoms with Gasteiger partial charge in [0.1, 0.15) is 11.4 Å². The van der Waals surface area contributed by atoms with E-state index in [1.54, 1.807) is 0 Å². The molecule has 2 bridgehead atoms. The lowest BCUT2D eigenvalue weighted by atomic mass is 9.69. The van der Waals surface area contributed by atoms with Crippen LogP contribution < -0.4 is 10.6 Å². The number of amides is 2. The molecule has 0 radical (unpaired) electrons. The minimum Gasteiger partial charge on any atom is -0.320 e. The summed E-state index contributed by atoms with van der Waals surface area (Å²) in [6.45, 7) is 6.87. The van der Waals surface area contributed by atoms with Gasteiger partial charge in [0.2, 0.25) is 0 Å². The van der Waals surface area contributed by atoms with Crippen LogP contribution in [0.2, 0.25) is 0 Å². The van der Waals surface area contributed by atoms with Crippen molar-refractivity contribution < 1.29 is 9.59 Å². The van der Waals surface area contributed by atoms with Crippen molar-refractivity contribution in [3.8, 4) is 0 Å². The molecule has 2 aromatic carbocycles. The lowest BCUT2D eigenvalue weighted by Crippen LogP contribution is -2.40. The van der Waals surface area contributed by atoms with E-state index in [0.29, 0.717) is 17.3 Å². The molecule has 4 atom stereocenters. The number of rotatable bonds is 2. The molecule has 6 nitrogen and oxygen atoms in total. The third-order valence-electron chi connectivity index (χ3n) is 8.60. The first-order valence-electron chi connectivity index (χ1n) is 11.3. The van der Waals surface area contributed by atoms with Crippen LogP contribution in [0, 0.1) is 16.7 Å². The predicted octanol–water partition coefficient (Wildman–Crippen LogP) is 4.06. The summed E-state index contributed by atoms with van der Waals surface area (Å²) in [5, 5.41) is 5.87. The van der Waals surface area contributed by atoms with Crippen LogP contribution in [-0.4, -0.2) is 35.3 Å². The van der Waals surface area contributed by atoms with Crippen molar-refractivity contribution in [2.45, 2.75) is 45.7 Å². The Morgan fingerprint density at radius 2 is 1.34 bits per heavy atom. The average Bonchev–Trinajstić information content (AvgIpc) is 3.37. The molecule has 6 heteroatoms. The second-order valence-corrected chi connectivity index (χ2v) is 10.2. The molecule has 2 saturated carbocycles. The molecule has 0 saturated heterocycles. The maximum Gasteiger partial charge on any atom is 0.274 e. The Bertz CT molecular complexity index is 1240. The Morgan fingerprint density at radius 1 is 0.812 bits per heavy atom. The number of hydrogen-bond donors (Lipinski definition) is 2. The summed E-state index contributed by atoms with van der Waals surface area (Å²) in [5.41, 5.74) is 4.16. The number of carbonyl (C=O) groups is 2. The quantitative estimate of drug-likeness (QED) is 0.759. The lowest BCUT2D eigenvalue weighted by Gasteiger charge is -2.37. The Morgan fingerprint density at radius 3 is 1.94 bits per heavy atom. The number of nitrogens with one attached hydrogen (secondary N) is 2. The Hall–Kier alpha value is -3.28. The van der Waals surface area contributed by atoms with Gasteiger partial charge in [-0.3, -0.25) is 19.6 Å². The highest BCUT2D eigenvalue weighted by Crippen LogP contribution is 2.67. The monoisotopic (exact) mass is 426 g/mol. The zero-order valence-corrected chi connectivity index (χ0v) is 18.5. The van der Waals surface area contributed by atoms with Gasteiger partial charge in [0.05, 0.1) is 23.5 Å². The summed E-state index contributed by atoms with van der Waals surface area (Å²) in [6, 6.07) is 15.0. The number of nitrogens with zero attached hydrogens (tertiary/aromatic N) is 2. The molecule has 6 rings (SSSR count). The molecule has 0 spiro atoms. The van der Waals surface area contributed by atoms with Crippen LogP contribution in [0.3, 0.4) is 0 Å². The van der Waals surface area contributed by atoms with Crippen LogP contribution in [0.25, 0.3) is 0 Å². The van der Waals surface area contributed by atoms with E-state index in [1.165, 1.54) is 0 Å². The molecule has 2 aromatic rings. The van der Waals surface area contributed by atoms with Gasteiger partial charge >= 0.3 is 0 Å². The standard InChI is InChI=1S/C26H26N4O2/c1-25(2)16-12-13-26(25,3)22(30-20-15-9-5-7-11-18(15)28-24(20)32)21(16)29-19-14-8-4-6-10-17(14)27-23(19)31/h4-11,16,21-22H,12-13H2,1-3H3,(H,27,29,31)(H,28,30,32). The smallest absolute Gasteiger partial charge is 0.274 e. The van der Waals surface area contributed by atoms with E-state index >= 15 is 0 Å². The highest BCUT2D eigenvalue weighted by atomic mass is 16.2. The highest BCUT2D eigenvalue weighted by molar-refractivity contribution is 6.54. The average molecular weight is 427 g/mol. The number of para-hydroxylation sites is 2. The zero-order chi connectivity index (χ0) is 22.3. The molecule has 0 aromatic heterocycles. The summed E-state index contributed by atoms with van der Waals surface area (Å²) in [4.78, 5) is 35.8. The fraction of sp³-hybridized carbons (Fsp3) is 0.385. The zero-order valence-electron chi connectivity index (χ0n) is 18.5. The maximum absolute atomic E-state index is 12.8. The van der Waals surface area contributed by atoms with E-state index in [2.05, 4.69) is 31.4 Å². The van der Waals surface area contributed by atoms with E-state index in [0.717, 1.165) is 35.3 Å². The molecule has 2 aliphatic heterocycles. The first kappa shape index (κ1) is 19.4. The summed E-state index contributed by atoms with van der Waals surface area (Å²) in [7, 11) is 0. The third-order valence-corrected chi connectivity index (χ3v) is 8.60. The van der Waals surface area contributed by atoms with Gasteiger partial charge in [0.25, 0.3) is 11.8 Å². The van der Waals surface area contributed by atoms with Crippen molar-refractivity contribution in [2.75, 3.05) is 10.6 Å². The van der Waals surface area contributed by atoms with E-state index in [9.17, 15) is 9.59 Å². The van der Waals surface area contributed by atoms with Crippen LogP contribution in [0.4, 0.5) is 11.4 Å². The van der Waals surface area contributed by atoms with Gasteiger partial charge in [0.15, 0.2) is 0 Å². The summed E-state index contributed by atoms with van der Waals surface area (Å²) in [6.07, 6.45) is 2.10. The number of fused-ring (bicyclic) bond motifs is 4. The number of benzene rings is 2. The Kier molecular flexibility index (Phi) is 3.87.